The lowest BCUT2D eigenvalue weighted by Gasteiger charge is -2.70. The van der Waals surface area contributed by atoms with Gasteiger partial charge in [-0.1, -0.05) is 46.8 Å². The number of rotatable bonds is 4. The summed E-state index contributed by atoms with van der Waals surface area (Å²) in [6.07, 6.45) is 10.5. The zero-order chi connectivity index (χ0) is 25.5. The normalized spacial score (nSPS) is 50.4. The predicted octanol–water partition coefficient (Wildman–Crippen LogP) is 5.47. The van der Waals surface area contributed by atoms with Crippen LogP contribution in [0.3, 0.4) is 0 Å². The van der Waals surface area contributed by atoms with Crippen LogP contribution >= 0.6 is 0 Å². The Morgan fingerprint density at radius 3 is 2.06 bits per heavy atom. The fourth-order valence-corrected chi connectivity index (χ4v) is 10.2. The van der Waals surface area contributed by atoms with E-state index in [0.717, 1.165) is 44.9 Å². The number of aliphatic hydroxyl groups is 4. The summed E-state index contributed by atoms with van der Waals surface area (Å²) >= 11 is 0. The Bertz CT molecular complexity index is 809. The number of fused-ring (bicyclic) bond motifs is 5. The maximum absolute atomic E-state index is 11.8. The van der Waals surface area contributed by atoms with E-state index in [9.17, 15) is 20.4 Å². The summed E-state index contributed by atoms with van der Waals surface area (Å²) in [6.45, 7) is 17.3. The molecule has 34 heavy (non-hydrogen) atoms. The highest BCUT2D eigenvalue weighted by Crippen LogP contribution is 2.75. The van der Waals surface area contributed by atoms with Gasteiger partial charge in [-0.15, -0.1) is 0 Å². The van der Waals surface area contributed by atoms with E-state index in [1.54, 1.807) is 19.9 Å². The van der Waals surface area contributed by atoms with Crippen molar-refractivity contribution >= 4 is 0 Å². The molecule has 0 radical (unpaired) electrons. The molecule has 4 aliphatic rings. The number of aliphatic hydroxyl groups excluding tert-OH is 2. The third-order valence-corrected chi connectivity index (χ3v) is 12.2. The van der Waals surface area contributed by atoms with Crippen molar-refractivity contribution < 1.29 is 20.4 Å². The molecule has 4 aliphatic carbocycles. The molecular formula is C30H52O4. The van der Waals surface area contributed by atoms with E-state index in [1.807, 2.05) is 13.0 Å². The van der Waals surface area contributed by atoms with Crippen molar-refractivity contribution in [2.45, 2.75) is 130 Å². The van der Waals surface area contributed by atoms with Crippen molar-refractivity contribution in [3.8, 4) is 0 Å². The smallest absolute Gasteiger partial charge is 0.0771 e. The predicted molar refractivity (Wildman–Crippen MR) is 137 cm³/mol. The minimum Gasteiger partial charge on any atom is -0.393 e. The van der Waals surface area contributed by atoms with Gasteiger partial charge in [0.05, 0.1) is 23.4 Å². The van der Waals surface area contributed by atoms with Crippen LogP contribution in [0.1, 0.15) is 107 Å². The number of hydrogen-bond donors (Lipinski definition) is 4. The number of hydrogen-bond acceptors (Lipinski definition) is 4. The van der Waals surface area contributed by atoms with Crippen LogP contribution < -0.4 is 0 Å². The average Bonchev–Trinajstić information content (AvgIpc) is 3.07. The Kier molecular flexibility index (Phi) is 6.30. The summed E-state index contributed by atoms with van der Waals surface area (Å²) in [5.41, 5.74) is -1.66. The lowest BCUT2D eigenvalue weighted by Crippen LogP contribution is -2.66. The fourth-order valence-electron chi connectivity index (χ4n) is 10.2. The van der Waals surface area contributed by atoms with Crippen LogP contribution in [0.2, 0.25) is 0 Å². The van der Waals surface area contributed by atoms with Crippen LogP contribution in [0, 0.1) is 45.3 Å². The first kappa shape index (κ1) is 26.6. The van der Waals surface area contributed by atoms with E-state index in [1.165, 1.54) is 0 Å². The Morgan fingerprint density at radius 1 is 0.824 bits per heavy atom. The van der Waals surface area contributed by atoms with E-state index >= 15 is 0 Å². The molecule has 0 aliphatic heterocycles. The molecule has 0 aromatic rings. The van der Waals surface area contributed by atoms with E-state index in [4.69, 9.17) is 0 Å². The molecule has 0 bridgehead atoms. The molecule has 196 valence electrons. The van der Waals surface area contributed by atoms with Crippen molar-refractivity contribution in [3.63, 3.8) is 0 Å². The van der Waals surface area contributed by atoms with Crippen molar-refractivity contribution in [3.05, 3.63) is 12.2 Å². The molecule has 0 heterocycles. The lowest BCUT2D eigenvalue weighted by molar-refractivity contribution is -0.246. The molecule has 0 unspecified atom stereocenters. The molecule has 4 saturated carbocycles. The van der Waals surface area contributed by atoms with Gasteiger partial charge in [0, 0.05) is 0 Å². The summed E-state index contributed by atoms with van der Waals surface area (Å²) in [6, 6.07) is 0. The minimum atomic E-state index is -0.910. The van der Waals surface area contributed by atoms with E-state index in [-0.39, 0.29) is 39.6 Å². The molecule has 0 aromatic carbocycles. The zero-order valence-corrected chi connectivity index (χ0v) is 23.1. The molecule has 4 nitrogen and oxygen atoms in total. The maximum Gasteiger partial charge on any atom is 0.0771 e. The van der Waals surface area contributed by atoms with Crippen LogP contribution in [0.4, 0.5) is 0 Å². The molecular weight excluding hydrogens is 424 g/mol. The van der Waals surface area contributed by atoms with Gasteiger partial charge in [-0.25, -0.2) is 0 Å². The minimum absolute atomic E-state index is 0.0157. The first-order valence-electron chi connectivity index (χ1n) is 13.9. The summed E-state index contributed by atoms with van der Waals surface area (Å²) < 4.78 is 0. The van der Waals surface area contributed by atoms with Crippen LogP contribution in [0.5, 0.6) is 0 Å². The largest absolute Gasteiger partial charge is 0.393 e. The second-order valence-electron chi connectivity index (χ2n) is 15.0. The Balaban J connectivity index is 1.66. The Labute approximate surface area is 208 Å². The van der Waals surface area contributed by atoms with Gasteiger partial charge in [-0.05, 0) is 117 Å². The zero-order valence-electron chi connectivity index (χ0n) is 23.1. The summed E-state index contributed by atoms with van der Waals surface area (Å²) in [4.78, 5) is 0. The quantitative estimate of drug-likeness (QED) is 0.406. The van der Waals surface area contributed by atoms with Gasteiger partial charge >= 0.3 is 0 Å². The van der Waals surface area contributed by atoms with Crippen LogP contribution in [0.25, 0.3) is 0 Å². The first-order valence-corrected chi connectivity index (χ1v) is 13.9. The van der Waals surface area contributed by atoms with Gasteiger partial charge in [0.1, 0.15) is 0 Å². The van der Waals surface area contributed by atoms with Crippen LogP contribution in [-0.4, -0.2) is 43.8 Å². The highest BCUT2D eigenvalue weighted by atomic mass is 16.3. The van der Waals surface area contributed by atoms with E-state index in [0.29, 0.717) is 18.3 Å². The molecule has 0 amide bonds. The molecule has 0 aromatic heterocycles. The van der Waals surface area contributed by atoms with Crippen molar-refractivity contribution in [2.75, 3.05) is 0 Å². The molecule has 0 saturated heterocycles. The molecule has 10 atom stereocenters. The molecule has 4 heteroatoms. The van der Waals surface area contributed by atoms with Gasteiger partial charge in [0.15, 0.2) is 0 Å². The second kappa shape index (κ2) is 8.04. The van der Waals surface area contributed by atoms with Gasteiger partial charge in [-0.3, -0.25) is 0 Å². The standard InChI is InChI=1S/C30H52O4/c1-25(2,33)13-9-14-30(8,34)19-10-16-29(7)24(19)20(31)18-22-27(5)15-12-23(32)26(3,4)21(27)11-17-28(22,29)6/h9,13,19-24,31-34H,10-12,14-18H2,1-8H3/b13-9+/t19-,20+,21+,22+,23-,24-,27+,28-,29-,30+/m1/s1. The first-order chi connectivity index (χ1) is 15.4. The Hall–Kier alpha value is -0.420. The highest BCUT2D eigenvalue weighted by Gasteiger charge is 2.71. The summed E-state index contributed by atoms with van der Waals surface area (Å²) in [5.74, 6) is 1.04. The molecule has 4 N–H and O–H groups in total. The fraction of sp³-hybridized carbons (Fsp3) is 0.933. The lowest BCUT2D eigenvalue weighted by atomic mass is 9.35. The second-order valence-corrected chi connectivity index (χ2v) is 15.0. The topological polar surface area (TPSA) is 80.9 Å². The van der Waals surface area contributed by atoms with Crippen LogP contribution in [0.15, 0.2) is 12.2 Å². The van der Waals surface area contributed by atoms with E-state index < -0.39 is 17.3 Å². The van der Waals surface area contributed by atoms with Gasteiger partial charge < -0.3 is 20.4 Å². The van der Waals surface area contributed by atoms with E-state index in [2.05, 4.69) is 34.6 Å². The molecule has 4 fully saturated rings. The highest BCUT2D eigenvalue weighted by molar-refractivity contribution is 5.20. The summed E-state index contributed by atoms with van der Waals surface area (Å²) in [5, 5.41) is 44.3. The third kappa shape index (κ3) is 3.76. The monoisotopic (exact) mass is 476 g/mol. The van der Waals surface area contributed by atoms with Crippen molar-refractivity contribution in [1.29, 1.82) is 0 Å². The van der Waals surface area contributed by atoms with Gasteiger partial charge in [0.25, 0.3) is 0 Å². The average molecular weight is 477 g/mol. The maximum atomic E-state index is 11.8. The van der Waals surface area contributed by atoms with Crippen molar-refractivity contribution in [1.82, 2.24) is 0 Å². The van der Waals surface area contributed by atoms with Gasteiger partial charge in [0.2, 0.25) is 0 Å². The van der Waals surface area contributed by atoms with Crippen molar-refractivity contribution in [2.24, 2.45) is 45.3 Å². The SMILES string of the molecule is CC(C)(O)/C=C/C[C@](C)(O)[C@@H]1CC[C@]2(C)[C@H]1[C@@H](O)C[C@H]1[C@@]3(C)CC[C@@H](O)C(C)(C)[C@@H]3CC[C@]12C. The van der Waals surface area contributed by atoms with Gasteiger partial charge in [-0.2, -0.15) is 0 Å². The van der Waals surface area contributed by atoms with Crippen LogP contribution in [-0.2, 0) is 0 Å². The Morgan fingerprint density at radius 2 is 1.44 bits per heavy atom. The molecule has 4 rings (SSSR count). The third-order valence-electron chi connectivity index (χ3n) is 12.2. The summed E-state index contributed by atoms with van der Waals surface area (Å²) in [7, 11) is 0. The molecule has 0 spiro atoms.